The molecule has 1 heterocycles. The number of nitrogens with one attached hydrogen (secondary N) is 1. The zero-order valence-electron chi connectivity index (χ0n) is 13.2. The van der Waals surface area contributed by atoms with E-state index in [9.17, 15) is 0 Å². The average Bonchev–Trinajstić information content (AvgIpc) is 2.37. The van der Waals surface area contributed by atoms with Gasteiger partial charge in [0.15, 0.2) is 0 Å². The van der Waals surface area contributed by atoms with Gasteiger partial charge >= 0.3 is 0 Å². The fourth-order valence-electron chi connectivity index (χ4n) is 2.56. The monoisotopic (exact) mass is 268 g/mol. The van der Waals surface area contributed by atoms with E-state index in [1.165, 1.54) is 6.42 Å². The number of hydrogen-bond donors (Lipinski definition) is 1. The van der Waals surface area contributed by atoms with Crippen molar-refractivity contribution in [2.45, 2.75) is 52.6 Å². The Balaban J connectivity index is 2.39. The Kier molecular flexibility index (Phi) is 7.05. The van der Waals surface area contributed by atoms with Gasteiger partial charge < -0.3 is 10.1 Å². The largest absolute Gasteiger partial charge is 0.380 e. The Morgan fingerprint density at radius 2 is 2.11 bits per heavy atom. The van der Waals surface area contributed by atoms with Gasteiger partial charge in [0, 0.05) is 31.7 Å². The lowest BCUT2D eigenvalue weighted by molar-refractivity contribution is 0.0463. The van der Waals surface area contributed by atoms with Crippen molar-refractivity contribution in [3.8, 4) is 0 Å². The highest BCUT2D eigenvalue weighted by atomic mass is 16.5. The summed E-state index contributed by atoms with van der Waals surface area (Å²) in [6.45, 7) is 17.8. The van der Waals surface area contributed by atoms with Crippen LogP contribution < -0.4 is 5.32 Å². The third-order valence-corrected chi connectivity index (χ3v) is 4.04. The molecule has 2 atom stereocenters. The van der Waals surface area contributed by atoms with E-state index in [1.54, 1.807) is 0 Å². The van der Waals surface area contributed by atoms with Gasteiger partial charge in [-0.05, 0) is 18.3 Å². The minimum absolute atomic E-state index is 0.320. The highest BCUT2D eigenvalue weighted by Crippen LogP contribution is 2.24. The number of piperazine rings is 1. The van der Waals surface area contributed by atoms with Crippen LogP contribution in [0.25, 0.3) is 0 Å². The van der Waals surface area contributed by atoms with E-state index < -0.39 is 0 Å². The molecule has 0 aliphatic carbocycles. The van der Waals surface area contributed by atoms with Gasteiger partial charge in [-0.25, -0.2) is 0 Å². The first-order chi connectivity index (χ1) is 8.99. The van der Waals surface area contributed by atoms with Gasteiger partial charge in [-0.2, -0.15) is 0 Å². The molecule has 0 aromatic rings. The fraction of sp³-hybridized carbons (Fsp3) is 0.875. The lowest BCUT2D eigenvalue weighted by Gasteiger charge is -2.44. The van der Waals surface area contributed by atoms with Gasteiger partial charge in [-0.15, -0.1) is 6.58 Å². The van der Waals surface area contributed by atoms with Crippen molar-refractivity contribution in [2.75, 3.05) is 32.8 Å². The van der Waals surface area contributed by atoms with Crippen LogP contribution in [0.2, 0.25) is 0 Å². The second kappa shape index (κ2) is 8.03. The van der Waals surface area contributed by atoms with Crippen LogP contribution in [0.1, 0.15) is 40.5 Å². The molecule has 2 unspecified atom stereocenters. The van der Waals surface area contributed by atoms with Gasteiger partial charge in [-0.1, -0.05) is 33.8 Å². The summed E-state index contributed by atoms with van der Waals surface area (Å²) >= 11 is 0. The van der Waals surface area contributed by atoms with Gasteiger partial charge in [0.05, 0.1) is 13.2 Å². The number of hydrogen-bond acceptors (Lipinski definition) is 3. The van der Waals surface area contributed by atoms with E-state index in [1.807, 2.05) is 6.08 Å². The third-order valence-electron chi connectivity index (χ3n) is 4.04. The fourth-order valence-corrected chi connectivity index (χ4v) is 2.56. The quantitative estimate of drug-likeness (QED) is 0.567. The third kappa shape index (κ3) is 5.64. The van der Waals surface area contributed by atoms with Crippen LogP contribution in [0.4, 0.5) is 0 Å². The first-order valence-electron chi connectivity index (χ1n) is 7.65. The van der Waals surface area contributed by atoms with Crippen LogP contribution >= 0.6 is 0 Å². The molecule has 1 aliphatic heterocycles. The highest BCUT2D eigenvalue weighted by molar-refractivity contribution is 4.91. The van der Waals surface area contributed by atoms with E-state index in [0.29, 0.717) is 17.5 Å². The summed E-state index contributed by atoms with van der Waals surface area (Å²) < 4.78 is 5.66. The second-order valence-electron chi connectivity index (χ2n) is 6.57. The minimum atomic E-state index is 0.320. The molecule has 0 amide bonds. The van der Waals surface area contributed by atoms with E-state index in [4.69, 9.17) is 4.74 Å². The molecule has 1 rings (SSSR count). The molecule has 1 fully saturated rings. The van der Waals surface area contributed by atoms with Gasteiger partial charge in [0.1, 0.15) is 0 Å². The molecule has 0 bridgehead atoms. The zero-order valence-corrected chi connectivity index (χ0v) is 13.2. The molecule has 0 radical (unpaired) electrons. The molecule has 3 heteroatoms. The SMILES string of the molecule is C=CCCOCCN1CC(C(C)(C)C)NCC1CC. The first kappa shape index (κ1) is 16.7. The molecular weight excluding hydrogens is 236 g/mol. The predicted octanol–water partition coefficient (Wildman–Crippen LogP) is 2.68. The molecule has 0 aromatic heterocycles. The van der Waals surface area contributed by atoms with E-state index in [2.05, 4.69) is 44.5 Å². The van der Waals surface area contributed by atoms with Crippen LogP contribution in [0.3, 0.4) is 0 Å². The van der Waals surface area contributed by atoms with Crippen molar-refractivity contribution in [2.24, 2.45) is 5.41 Å². The van der Waals surface area contributed by atoms with Crippen LogP contribution in [-0.4, -0.2) is 49.8 Å². The molecule has 19 heavy (non-hydrogen) atoms. The summed E-state index contributed by atoms with van der Waals surface area (Å²) in [4.78, 5) is 2.60. The Hall–Kier alpha value is -0.380. The molecule has 112 valence electrons. The summed E-state index contributed by atoms with van der Waals surface area (Å²) in [5.41, 5.74) is 0.320. The van der Waals surface area contributed by atoms with Crippen molar-refractivity contribution < 1.29 is 4.74 Å². The molecule has 1 N–H and O–H groups in total. The molecule has 1 aliphatic rings. The van der Waals surface area contributed by atoms with Crippen LogP contribution in [0.5, 0.6) is 0 Å². The van der Waals surface area contributed by atoms with Crippen molar-refractivity contribution >= 4 is 0 Å². The Bertz CT molecular complexity index is 260. The van der Waals surface area contributed by atoms with Crippen LogP contribution in [-0.2, 0) is 4.74 Å². The van der Waals surface area contributed by atoms with Crippen LogP contribution in [0, 0.1) is 5.41 Å². The van der Waals surface area contributed by atoms with Crippen molar-refractivity contribution in [1.82, 2.24) is 10.2 Å². The maximum Gasteiger partial charge on any atom is 0.0593 e. The van der Waals surface area contributed by atoms with E-state index in [0.717, 1.165) is 39.3 Å². The number of ether oxygens (including phenoxy) is 1. The molecule has 0 saturated carbocycles. The topological polar surface area (TPSA) is 24.5 Å². The summed E-state index contributed by atoms with van der Waals surface area (Å²) in [6.07, 6.45) is 4.06. The summed E-state index contributed by atoms with van der Waals surface area (Å²) in [7, 11) is 0. The van der Waals surface area contributed by atoms with E-state index in [-0.39, 0.29) is 0 Å². The summed E-state index contributed by atoms with van der Waals surface area (Å²) in [6, 6.07) is 1.23. The molecule has 3 nitrogen and oxygen atoms in total. The molecule has 1 saturated heterocycles. The normalized spacial score (nSPS) is 25.5. The number of nitrogens with zero attached hydrogens (tertiary/aromatic N) is 1. The minimum Gasteiger partial charge on any atom is -0.380 e. The highest BCUT2D eigenvalue weighted by Gasteiger charge is 2.32. The van der Waals surface area contributed by atoms with Crippen molar-refractivity contribution in [3.05, 3.63) is 12.7 Å². The Morgan fingerprint density at radius 3 is 2.68 bits per heavy atom. The zero-order chi connectivity index (χ0) is 14.3. The van der Waals surface area contributed by atoms with Gasteiger partial charge in [0.25, 0.3) is 0 Å². The summed E-state index contributed by atoms with van der Waals surface area (Å²) in [5.74, 6) is 0. The molecular formula is C16H32N2O. The Morgan fingerprint density at radius 1 is 1.37 bits per heavy atom. The smallest absolute Gasteiger partial charge is 0.0593 e. The maximum absolute atomic E-state index is 5.66. The standard InChI is InChI=1S/C16H32N2O/c1-6-8-10-19-11-9-18-13-15(16(3,4)5)17-12-14(18)7-2/h6,14-15,17H,1,7-13H2,2-5H3. The van der Waals surface area contributed by atoms with Crippen molar-refractivity contribution in [1.29, 1.82) is 0 Å². The van der Waals surface area contributed by atoms with Gasteiger partial charge in [0.2, 0.25) is 0 Å². The lowest BCUT2D eigenvalue weighted by Crippen LogP contribution is -2.60. The van der Waals surface area contributed by atoms with Crippen LogP contribution in [0.15, 0.2) is 12.7 Å². The Labute approximate surface area is 119 Å². The molecule has 0 aromatic carbocycles. The van der Waals surface area contributed by atoms with Gasteiger partial charge in [-0.3, -0.25) is 4.90 Å². The summed E-state index contributed by atoms with van der Waals surface area (Å²) in [5, 5.41) is 3.71. The molecule has 0 spiro atoms. The number of rotatable bonds is 7. The van der Waals surface area contributed by atoms with E-state index >= 15 is 0 Å². The maximum atomic E-state index is 5.66. The van der Waals surface area contributed by atoms with Crippen molar-refractivity contribution in [3.63, 3.8) is 0 Å². The average molecular weight is 268 g/mol. The first-order valence-corrected chi connectivity index (χ1v) is 7.65. The second-order valence-corrected chi connectivity index (χ2v) is 6.57. The lowest BCUT2D eigenvalue weighted by atomic mass is 9.84. The predicted molar refractivity (Wildman–Crippen MR) is 82.5 cm³/mol.